The largest absolute Gasteiger partial charge is 0.494 e. The minimum Gasteiger partial charge on any atom is -0.494 e. The average Bonchev–Trinajstić information content (AvgIpc) is 3.07. The number of nitrogens with one attached hydrogen (secondary N) is 1. The van der Waals surface area contributed by atoms with Gasteiger partial charge in [-0.25, -0.2) is 19.7 Å². The molecule has 10 heteroatoms. The summed E-state index contributed by atoms with van der Waals surface area (Å²) in [7, 11) is 0. The van der Waals surface area contributed by atoms with Gasteiger partial charge in [0.1, 0.15) is 5.75 Å². The molecular formula is C36H37N3O6S. The van der Waals surface area contributed by atoms with Crippen molar-refractivity contribution in [2.75, 3.05) is 37.5 Å². The molecule has 0 unspecified atom stereocenters. The molecule has 0 bridgehead atoms. The first-order chi connectivity index (χ1) is 22.4. The maximum atomic E-state index is 13.4. The average molecular weight is 640 g/mol. The predicted molar refractivity (Wildman–Crippen MR) is 182 cm³/mol. The van der Waals surface area contributed by atoms with Crippen molar-refractivity contribution in [2.24, 2.45) is 0 Å². The lowest BCUT2D eigenvalue weighted by Crippen LogP contribution is -2.11. The minimum absolute atomic E-state index is 0.0692. The summed E-state index contributed by atoms with van der Waals surface area (Å²) in [5.74, 6) is 1.15. The van der Waals surface area contributed by atoms with Crippen LogP contribution in [0.5, 0.6) is 11.5 Å². The first-order valence-electron chi connectivity index (χ1n) is 14.8. The number of carbonyl (C=O) groups is 2. The Bertz CT molecular complexity index is 1640. The number of hydrogen-bond donors (Lipinski definition) is 2. The Balaban J connectivity index is 1.77. The molecule has 3 rings (SSSR count). The minimum atomic E-state index is -0.486. The molecule has 0 saturated heterocycles. The SMILES string of the molecule is [C-]#[N+]/C(C#N)=C/C=C/Nc1cc(C(=O)OCCc2ccc(OCCCS)cc2)c2ccccc2c1OCCCCOC(=O)C(=C)C. The summed E-state index contributed by atoms with van der Waals surface area (Å²) in [4.78, 5) is 28.1. The van der Waals surface area contributed by atoms with Crippen LogP contribution in [0.3, 0.4) is 0 Å². The number of allylic oxidation sites excluding steroid dienone is 3. The van der Waals surface area contributed by atoms with Crippen LogP contribution in [-0.4, -0.2) is 44.1 Å². The molecule has 0 radical (unpaired) electrons. The van der Waals surface area contributed by atoms with Gasteiger partial charge in [0, 0.05) is 22.8 Å². The molecule has 0 atom stereocenters. The van der Waals surface area contributed by atoms with Crippen LogP contribution in [0.25, 0.3) is 15.6 Å². The monoisotopic (exact) mass is 639 g/mol. The van der Waals surface area contributed by atoms with Crippen LogP contribution >= 0.6 is 12.6 Å². The number of thiol groups is 1. The number of anilines is 1. The van der Waals surface area contributed by atoms with E-state index in [2.05, 4.69) is 29.4 Å². The van der Waals surface area contributed by atoms with Crippen molar-refractivity contribution in [1.29, 1.82) is 5.26 Å². The summed E-state index contributed by atoms with van der Waals surface area (Å²) in [6.45, 7) is 13.6. The van der Waals surface area contributed by atoms with Crippen LogP contribution < -0.4 is 14.8 Å². The second-order valence-corrected chi connectivity index (χ2v) is 10.5. The highest BCUT2D eigenvalue weighted by atomic mass is 32.1. The Labute approximate surface area is 275 Å². The van der Waals surface area contributed by atoms with E-state index in [4.69, 9.17) is 30.8 Å². The third-order valence-corrected chi connectivity index (χ3v) is 6.84. The van der Waals surface area contributed by atoms with E-state index >= 15 is 0 Å². The summed E-state index contributed by atoms with van der Waals surface area (Å²) < 4.78 is 22.7. The van der Waals surface area contributed by atoms with Gasteiger partial charge >= 0.3 is 11.9 Å². The van der Waals surface area contributed by atoms with Crippen molar-refractivity contribution in [3.63, 3.8) is 0 Å². The van der Waals surface area contributed by atoms with E-state index in [0.29, 0.717) is 65.8 Å². The van der Waals surface area contributed by atoms with Gasteiger partial charge in [-0.3, -0.25) is 0 Å². The number of hydrogen-bond acceptors (Lipinski definition) is 9. The molecule has 9 nitrogen and oxygen atoms in total. The van der Waals surface area contributed by atoms with E-state index in [1.54, 1.807) is 19.2 Å². The third-order valence-electron chi connectivity index (χ3n) is 6.52. The molecule has 0 aliphatic rings. The van der Waals surface area contributed by atoms with E-state index in [1.807, 2.05) is 54.6 Å². The maximum absolute atomic E-state index is 13.4. The lowest BCUT2D eigenvalue weighted by molar-refractivity contribution is -0.139. The summed E-state index contributed by atoms with van der Waals surface area (Å²) >= 11 is 4.19. The van der Waals surface area contributed by atoms with Gasteiger partial charge < -0.3 is 24.3 Å². The number of ether oxygens (including phenoxy) is 4. The number of nitrogens with zero attached hydrogens (tertiary/aromatic N) is 2. The van der Waals surface area contributed by atoms with Crippen LogP contribution in [-0.2, 0) is 20.7 Å². The number of benzene rings is 3. The predicted octanol–water partition coefficient (Wildman–Crippen LogP) is 7.47. The van der Waals surface area contributed by atoms with Gasteiger partial charge in [0.2, 0.25) is 0 Å². The van der Waals surface area contributed by atoms with Gasteiger partial charge in [0.15, 0.2) is 5.75 Å². The summed E-state index contributed by atoms with van der Waals surface area (Å²) in [5.41, 5.74) is 2.14. The maximum Gasteiger partial charge on any atom is 0.338 e. The van der Waals surface area contributed by atoms with E-state index in [0.717, 1.165) is 23.5 Å². The Hall–Kier alpha value is -5.19. The molecule has 0 aliphatic carbocycles. The summed E-state index contributed by atoms with van der Waals surface area (Å²) in [6, 6.07) is 18.5. The van der Waals surface area contributed by atoms with Gasteiger partial charge in [-0.05, 0) is 68.0 Å². The topological polar surface area (TPSA) is 111 Å². The molecule has 0 fully saturated rings. The van der Waals surface area contributed by atoms with Gasteiger partial charge in [0.05, 0.1) is 50.3 Å². The van der Waals surface area contributed by atoms with Crippen LogP contribution in [0.2, 0.25) is 0 Å². The lowest BCUT2D eigenvalue weighted by Gasteiger charge is -2.17. The fourth-order valence-corrected chi connectivity index (χ4v) is 4.30. The molecule has 3 aromatic carbocycles. The van der Waals surface area contributed by atoms with Crippen molar-refractivity contribution in [1.82, 2.24) is 0 Å². The Morgan fingerprint density at radius 2 is 1.72 bits per heavy atom. The first-order valence-corrected chi connectivity index (χ1v) is 15.4. The number of carbonyl (C=O) groups excluding carboxylic acids is 2. The Morgan fingerprint density at radius 1 is 1.00 bits per heavy atom. The van der Waals surface area contributed by atoms with E-state index in [1.165, 1.54) is 12.2 Å². The van der Waals surface area contributed by atoms with Crippen LogP contribution in [0.4, 0.5) is 5.69 Å². The smallest absolute Gasteiger partial charge is 0.338 e. The van der Waals surface area contributed by atoms with Crippen molar-refractivity contribution in [3.05, 3.63) is 113 Å². The van der Waals surface area contributed by atoms with Crippen molar-refractivity contribution >= 4 is 41.0 Å². The number of esters is 2. The Kier molecular flexibility index (Phi) is 14.8. The number of fused-ring (bicyclic) bond motifs is 1. The highest BCUT2D eigenvalue weighted by Gasteiger charge is 2.19. The molecule has 0 spiro atoms. The highest BCUT2D eigenvalue weighted by Crippen LogP contribution is 2.37. The molecule has 1 N–H and O–H groups in total. The molecule has 0 amide bonds. The number of unbranched alkanes of at least 4 members (excludes halogenated alkanes) is 1. The fraction of sp³-hybridized carbons (Fsp3) is 0.278. The second kappa shape index (κ2) is 19.3. The quantitative estimate of drug-likeness (QED) is 0.0281. The molecule has 46 heavy (non-hydrogen) atoms. The molecule has 0 aliphatic heterocycles. The van der Waals surface area contributed by atoms with E-state index in [9.17, 15) is 9.59 Å². The van der Waals surface area contributed by atoms with E-state index in [-0.39, 0.29) is 18.9 Å². The van der Waals surface area contributed by atoms with Gasteiger partial charge in [-0.1, -0.05) is 49.1 Å². The van der Waals surface area contributed by atoms with E-state index < -0.39 is 11.9 Å². The zero-order valence-corrected chi connectivity index (χ0v) is 26.7. The number of nitriles is 1. The molecule has 0 heterocycles. The van der Waals surface area contributed by atoms with Crippen molar-refractivity contribution in [2.45, 2.75) is 32.6 Å². The zero-order chi connectivity index (χ0) is 33.1. The van der Waals surface area contributed by atoms with Crippen LogP contribution in [0.1, 0.15) is 42.1 Å². The van der Waals surface area contributed by atoms with Crippen LogP contribution in [0.15, 0.2) is 90.8 Å². The van der Waals surface area contributed by atoms with Gasteiger partial charge in [-0.15, -0.1) is 0 Å². The molecule has 3 aromatic rings. The van der Waals surface area contributed by atoms with Gasteiger partial charge in [-0.2, -0.15) is 12.6 Å². The van der Waals surface area contributed by atoms with Crippen molar-refractivity contribution in [3.8, 4) is 17.6 Å². The third kappa shape index (κ3) is 11.1. The second-order valence-electron chi connectivity index (χ2n) is 10.1. The fourth-order valence-electron chi connectivity index (χ4n) is 4.17. The molecule has 238 valence electrons. The molecule has 0 saturated carbocycles. The lowest BCUT2D eigenvalue weighted by atomic mass is 10.0. The van der Waals surface area contributed by atoms with Crippen LogP contribution in [0, 0.1) is 17.9 Å². The molecule has 0 aromatic heterocycles. The highest BCUT2D eigenvalue weighted by molar-refractivity contribution is 7.80. The summed E-state index contributed by atoms with van der Waals surface area (Å²) in [5, 5.41) is 13.5. The molecular weight excluding hydrogens is 602 g/mol. The van der Waals surface area contributed by atoms with Gasteiger partial charge in [0.25, 0.3) is 5.70 Å². The number of rotatable bonds is 18. The van der Waals surface area contributed by atoms with Crippen molar-refractivity contribution < 1.29 is 28.5 Å². The first kappa shape index (κ1) is 35.3. The normalized spacial score (nSPS) is 11.0. The zero-order valence-electron chi connectivity index (χ0n) is 25.8. The standard InChI is InChI=1S/C36H37N3O6S/c1-26(2)35(40)44-20-7-6-19-43-34-31-12-5-4-11-30(31)32(24-33(34)39-18-8-10-28(25-37)38-3)36(41)45-22-17-27-13-15-29(16-14-27)42-21-9-23-46/h4-5,8,10-16,18,24,39,46H,1,6-7,9,17,19-23H2,2H3/b18-8+,28-10+. The summed E-state index contributed by atoms with van der Waals surface area (Å²) in [6.07, 6.45) is 7.06. The Morgan fingerprint density at radius 3 is 2.41 bits per heavy atom.